The lowest BCUT2D eigenvalue weighted by molar-refractivity contribution is 0.183. The van der Waals surface area contributed by atoms with Gasteiger partial charge in [-0.1, -0.05) is 17.7 Å². The van der Waals surface area contributed by atoms with E-state index in [1.807, 2.05) is 10.8 Å². The molecular weight excluding hydrogens is 250 g/mol. The highest BCUT2D eigenvalue weighted by atomic mass is 35.5. The maximum Gasteiger partial charge on any atom is 0.0859 e. The van der Waals surface area contributed by atoms with Crippen LogP contribution in [0, 0.1) is 0 Å². The first-order valence-electron chi connectivity index (χ1n) is 6.41. The summed E-state index contributed by atoms with van der Waals surface area (Å²) in [6.45, 7) is 2.40. The van der Waals surface area contributed by atoms with Crippen LogP contribution in [0.5, 0.6) is 0 Å². The summed E-state index contributed by atoms with van der Waals surface area (Å²) >= 11 is 6.11. The van der Waals surface area contributed by atoms with Gasteiger partial charge in [-0.05, 0) is 31.9 Å². The Balaban J connectivity index is 1.81. The van der Waals surface area contributed by atoms with Crippen LogP contribution in [0.4, 0.5) is 0 Å². The highest BCUT2D eigenvalue weighted by Gasteiger charge is 2.19. The van der Waals surface area contributed by atoms with E-state index in [9.17, 15) is 0 Å². The third kappa shape index (κ3) is 4.12. The fraction of sp³-hybridized carbons (Fsp3) is 0.615. The average Bonchev–Trinajstić information content (AvgIpc) is 3.13. The van der Waals surface area contributed by atoms with Gasteiger partial charge in [0.15, 0.2) is 0 Å². The molecule has 0 bridgehead atoms. The van der Waals surface area contributed by atoms with Crippen LogP contribution in [0.15, 0.2) is 12.3 Å². The molecule has 0 amide bonds. The van der Waals surface area contributed by atoms with Crippen LogP contribution in [0.1, 0.15) is 25.0 Å². The number of ether oxygens (including phenoxy) is 1. The van der Waals surface area contributed by atoms with Crippen molar-refractivity contribution in [3.63, 3.8) is 0 Å². The zero-order valence-corrected chi connectivity index (χ0v) is 11.5. The SMILES string of the molecule is COCCn1ncc(Cl)c1/C=C/CCNC1CC1. The van der Waals surface area contributed by atoms with Crippen molar-refractivity contribution < 1.29 is 4.74 Å². The number of rotatable bonds is 8. The van der Waals surface area contributed by atoms with Gasteiger partial charge in [0.05, 0.1) is 30.1 Å². The quantitative estimate of drug-likeness (QED) is 0.737. The van der Waals surface area contributed by atoms with Crippen molar-refractivity contribution in [3.8, 4) is 0 Å². The predicted molar refractivity (Wildman–Crippen MR) is 73.8 cm³/mol. The minimum Gasteiger partial charge on any atom is -0.383 e. The largest absolute Gasteiger partial charge is 0.383 e. The Kier molecular flexibility index (Phi) is 5.23. The van der Waals surface area contributed by atoms with E-state index in [0.29, 0.717) is 11.6 Å². The molecule has 5 heteroatoms. The Labute approximate surface area is 113 Å². The molecule has 1 aromatic rings. The summed E-state index contributed by atoms with van der Waals surface area (Å²) in [5, 5.41) is 8.39. The van der Waals surface area contributed by atoms with Gasteiger partial charge < -0.3 is 10.1 Å². The molecule has 100 valence electrons. The number of halogens is 1. The Hall–Kier alpha value is -0.840. The number of methoxy groups -OCH3 is 1. The van der Waals surface area contributed by atoms with E-state index in [1.165, 1.54) is 12.8 Å². The Morgan fingerprint density at radius 1 is 1.61 bits per heavy atom. The molecule has 0 radical (unpaired) electrons. The summed E-state index contributed by atoms with van der Waals surface area (Å²) in [5.41, 5.74) is 0.958. The van der Waals surface area contributed by atoms with E-state index in [0.717, 1.165) is 31.2 Å². The molecule has 0 aliphatic heterocycles. The third-order valence-electron chi connectivity index (χ3n) is 2.94. The van der Waals surface area contributed by atoms with E-state index in [1.54, 1.807) is 13.3 Å². The summed E-state index contributed by atoms with van der Waals surface area (Å²) in [5.74, 6) is 0. The smallest absolute Gasteiger partial charge is 0.0859 e. The van der Waals surface area contributed by atoms with Gasteiger partial charge in [0.2, 0.25) is 0 Å². The molecule has 0 spiro atoms. The summed E-state index contributed by atoms with van der Waals surface area (Å²) in [7, 11) is 1.68. The molecule has 2 rings (SSSR count). The second kappa shape index (κ2) is 6.92. The molecule has 0 atom stereocenters. The summed E-state index contributed by atoms with van der Waals surface area (Å²) in [6.07, 6.45) is 9.54. The highest BCUT2D eigenvalue weighted by Crippen LogP contribution is 2.19. The van der Waals surface area contributed by atoms with E-state index in [4.69, 9.17) is 16.3 Å². The van der Waals surface area contributed by atoms with Gasteiger partial charge in [0.25, 0.3) is 0 Å². The molecule has 1 saturated carbocycles. The van der Waals surface area contributed by atoms with Gasteiger partial charge >= 0.3 is 0 Å². The zero-order chi connectivity index (χ0) is 12.8. The molecule has 1 aliphatic rings. The second-order valence-electron chi connectivity index (χ2n) is 4.51. The zero-order valence-electron chi connectivity index (χ0n) is 10.7. The maximum absolute atomic E-state index is 6.11. The van der Waals surface area contributed by atoms with Gasteiger partial charge in [-0.2, -0.15) is 5.10 Å². The van der Waals surface area contributed by atoms with Crippen LogP contribution in [-0.4, -0.2) is 36.1 Å². The van der Waals surface area contributed by atoms with Gasteiger partial charge in [0, 0.05) is 13.2 Å². The van der Waals surface area contributed by atoms with Crippen LogP contribution in [-0.2, 0) is 11.3 Å². The van der Waals surface area contributed by atoms with Crippen molar-refractivity contribution in [2.45, 2.75) is 31.8 Å². The number of hydrogen-bond acceptors (Lipinski definition) is 3. The van der Waals surface area contributed by atoms with Crippen molar-refractivity contribution in [2.75, 3.05) is 20.3 Å². The summed E-state index contributed by atoms with van der Waals surface area (Å²) < 4.78 is 6.92. The van der Waals surface area contributed by atoms with Crippen LogP contribution < -0.4 is 5.32 Å². The fourth-order valence-corrected chi connectivity index (χ4v) is 1.95. The first-order valence-corrected chi connectivity index (χ1v) is 6.79. The van der Waals surface area contributed by atoms with Crippen LogP contribution in [0.25, 0.3) is 6.08 Å². The van der Waals surface area contributed by atoms with E-state index >= 15 is 0 Å². The minimum atomic E-state index is 0.641. The van der Waals surface area contributed by atoms with Crippen molar-refractivity contribution in [3.05, 3.63) is 23.0 Å². The number of hydrogen-bond donors (Lipinski definition) is 1. The van der Waals surface area contributed by atoms with Gasteiger partial charge in [-0.3, -0.25) is 4.68 Å². The highest BCUT2D eigenvalue weighted by molar-refractivity contribution is 6.31. The van der Waals surface area contributed by atoms with Crippen molar-refractivity contribution >= 4 is 17.7 Å². The molecular formula is C13H20ClN3O. The topological polar surface area (TPSA) is 39.1 Å². The van der Waals surface area contributed by atoms with Gasteiger partial charge in [0.1, 0.15) is 0 Å². The summed E-state index contributed by atoms with van der Waals surface area (Å²) in [6, 6.07) is 0.772. The normalized spacial score (nSPS) is 15.7. The molecule has 0 aromatic carbocycles. The van der Waals surface area contributed by atoms with Gasteiger partial charge in [-0.25, -0.2) is 0 Å². The average molecular weight is 270 g/mol. The van der Waals surface area contributed by atoms with Gasteiger partial charge in [-0.15, -0.1) is 0 Å². The molecule has 18 heavy (non-hydrogen) atoms. The standard InChI is InChI=1S/C13H20ClN3O/c1-18-9-8-17-13(12(14)10-16-17)4-2-3-7-15-11-5-6-11/h2,4,10-11,15H,3,5-9H2,1H3/b4-2+. The first-order chi connectivity index (χ1) is 8.81. The van der Waals surface area contributed by atoms with Crippen molar-refractivity contribution in [1.29, 1.82) is 0 Å². The molecule has 1 heterocycles. The molecule has 1 aliphatic carbocycles. The first kappa shape index (κ1) is 13.6. The Morgan fingerprint density at radius 3 is 3.17 bits per heavy atom. The van der Waals surface area contributed by atoms with Crippen LogP contribution in [0.3, 0.4) is 0 Å². The number of aromatic nitrogens is 2. The van der Waals surface area contributed by atoms with E-state index in [-0.39, 0.29) is 0 Å². The maximum atomic E-state index is 6.11. The fourth-order valence-electron chi connectivity index (χ4n) is 1.75. The third-order valence-corrected chi connectivity index (χ3v) is 3.23. The molecule has 0 saturated heterocycles. The lowest BCUT2D eigenvalue weighted by Crippen LogP contribution is -2.16. The Morgan fingerprint density at radius 2 is 2.44 bits per heavy atom. The molecule has 1 N–H and O–H groups in total. The number of nitrogens with one attached hydrogen (secondary N) is 1. The van der Waals surface area contributed by atoms with Crippen LogP contribution in [0.2, 0.25) is 5.02 Å². The lowest BCUT2D eigenvalue weighted by atomic mass is 10.3. The molecule has 0 unspecified atom stereocenters. The second-order valence-corrected chi connectivity index (χ2v) is 4.92. The van der Waals surface area contributed by atoms with E-state index in [2.05, 4.69) is 16.5 Å². The van der Waals surface area contributed by atoms with Crippen molar-refractivity contribution in [2.24, 2.45) is 0 Å². The molecule has 1 fully saturated rings. The lowest BCUT2D eigenvalue weighted by Gasteiger charge is -2.04. The summed E-state index contributed by atoms with van der Waals surface area (Å²) in [4.78, 5) is 0. The minimum absolute atomic E-state index is 0.641. The molecule has 1 aromatic heterocycles. The van der Waals surface area contributed by atoms with Crippen molar-refractivity contribution in [1.82, 2.24) is 15.1 Å². The molecule has 4 nitrogen and oxygen atoms in total. The number of nitrogens with zero attached hydrogens (tertiary/aromatic N) is 2. The van der Waals surface area contributed by atoms with E-state index < -0.39 is 0 Å². The Bertz CT molecular complexity index is 399. The predicted octanol–water partition coefficient (Wildman–Crippen LogP) is 2.34. The van der Waals surface area contributed by atoms with Crippen LogP contribution >= 0.6 is 11.6 Å². The monoisotopic (exact) mass is 269 g/mol.